The van der Waals surface area contributed by atoms with Crippen LogP contribution in [0.4, 0.5) is 0 Å². The van der Waals surface area contributed by atoms with Crippen LogP contribution in [0.3, 0.4) is 0 Å². The molecule has 1 heterocycles. The molecule has 1 aromatic carbocycles. The Labute approximate surface area is 127 Å². The zero-order chi connectivity index (χ0) is 15.2. The molecule has 0 amide bonds. The van der Waals surface area contributed by atoms with Crippen molar-refractivity contribution in [3.63, 3.8) is 0 Å². The van der Waals surface area contributed by atoms with Gasteiger partial charge < -0.3 is 4.74 Å². The average molecular weight is 300 g/mol. The monoisotopic (exact) mass is 300 g/mol. The molecule has 1 aromatic heterocycles. The Balaban J connectivity index is 1.91. The van der Waals surface area contributed by atoms with Gasteiger partial charge in [-0.15, -0.1) is 11.3 Å². The van der Waals surface area contributed by atoms with Crippen molar-refractivity contribution in [1.82, 2.24) is 0 Å². The first-order valence-corrected chi connectivity index (χ1v) is 7.38. The zero-order valence-electron chi connectivity index (χ0n) is 12.0. The highest BCUT2D eigenvalue weighted by atomic mass is 32.1. The number of ether oxygens (including phenoxy) is 1. The molecule has 0 bridgehead atoms. The van der Waals surface area contributed by atoms with Crippen LogP contribution in [0.25, 0.3) is 16.2 Å². The molecule has 0 fully saturated rings. The minimum Gasteiger partial charge on any atom is -0.458 e. The van der Waals surface area contributed by atoms with E-state index in [-0.39, 0.29) is 12.4 Å². The van der Waals surface area contributed by atoms with Gasteiger partial charge in [0.2, 0.25) is 0 Å². The number of hydrogen-bond donors (Lipinski definition) is 0. The number of hydrogen-bond acceptors (Lipinski definition) is 4. The maximum Gasteiger partial charge on any atom is 0.331 e. The van der Waals surface area contributed by atoms with E-state index < -0.39 is 5.97 Å². The molecule has 2 aromatic rings. The predicted octanol–water partition coefficient (Wildman–Crippen LogP) is 3.91. The van der Waals surface area contributed by atoms with E-state index in [2.05, 4.69) is 31.2 Å². The summed E-state index contributed by atoms with van der Waals surface area (Å²) in [6, 6.07) is 8.46. The first-order chi connectivity index (χ1) is 10.0. The molecular weight excluding hydrogens is 284 g/mol. The zero-order valence-corrected chi connectivity index (χ0v) is 12.8. The highest BCUT2D eigenvalue weighted by molar-refractivity contribution is 7.19. The van der Waals surface area contributed by atoms with E-state index in [4.69, 9.17) is 4.74 Å². The number of esters is 1. The minimum atomic E-state index is -0.512. The van der Waals surface area contributed by atoms with Crippen molar-refractivity contribution in [2.75, 3.05) is 6.61 Å². The molecule has 0 atom stereocenters. The quantitative estimate of drug-likeness (QED) is 0.621. The Hall–Kier alpha value is -2.20. The summed E-state index contributed by atoms with van der Waals surface area (Å²) in [4.78, 5) is 23.0. The number of rotatable bonds is 5. The Morgan fingerprint density at radius 2 is 2.05 bits per heavy atom. The number of carbonyl (C=O) groups is 2. The molecule has 0 unspecified atom stereocenters. The van der Waals surface area contributed by atoms with Crippen molar-refractivity contribution >= 4 is 39.3 Å². The van der Waals surface area contributed by atoms with Crippen LogP contribution in [-0.2, 0) is 14.3 Å². The fourth-order valence-electron chi connectivity index (χ4n) is 1.79. The molecule has 108 valence electrons. The van der Waals surface area contributed by atoms with Gasteiger partial charge in [-0.2, -0.15) is 0 Å². The summed E-state index contributed by atoms with van der Waals surface area (Å²) < 4.78 is 6.18. The van der Waals surface area contributed by atoms with Crippen LogP contribution < -0.4 is 0 Å². The van der Waals surface area contributed by atoms with Crippen molar-refractivity contribution in [3.8, 4) is 0 Å². The van der Waals surface area contributed by atoms with Gasteiger partial charge in [-0.25, -0.2) is 4.79 Å². The number of benzene rings is 1. The summed E-state index contributed by atoms with van der Waals surface area (Å²) in [6.07, 6.45) is 6.05. The molecule has 0 saturated heterocycles. The molecule has 4 heteroatoms. The number of aryl methyl sites for hydroxylation is 1. The minimum absolute atomic E-state index is 0.178. The van der Waals surface area contributed by atoms with E-state index >= 15 is 0 Å². The lowest BCUT2D eigenvalue weighted by Crippen LogP contribution is -2.00. The molecule has 0 N–H and O–H groups in total. The van der Waals surface area contributed by atoms with Crippen molar-refractivity contribution in [1.29, 1.82) is 0 Å². The number of thiophene rings is 1. The van der Waals surface area contributed by atoms with Crippen molar-refractivity contribution in [2.45, 2.75) is 13.8 Å². The molecule has 0 aliphatic heterocycles. The summed E-state index contributed by atoms with van der Waals surface area (Å²) in [6.45, 7) is 3.64. The summed E-state index contributed by atoms with van der Waals surface area (Å²) in [5.74, 6) is -0.690. The Bertz CT molecular complexity index is 723. The standard InChI is InChI=1S/C17H16O3S/c1-12-5-7-16-14(10-12)11-15(21-16)4-3-9-20-17(19)8-6-13(2)18/h3-8,10-11H,9H2,1-2H3/b4-3+,8-6+. The van der Waals surface area contributed by atoms with Crippen molar-refractivity contribution in [3.05, 3.63) is 52.9 Å². The van der Waals surface area contributed by atoms with Crippen LogP contribution in [0.15, 0.2) is 42.5 Å². The number of carbonyl (C=O) groups excluding carboxylic acids is 2. The highest BCUT2D eigenvalue weighted by Crippen LogP contribution is 2.27. The van der Waals surface area contributed by atoms with E-state index in [0.29, 0.717) is 0 Å². The molecular formula is C17H16O3S. The third-order valence-corrected chi connectivity index (χ3v) is 3.83. The lowest BCUT2D eigenvalue weighted by molar-refractivity contribution is -0.136. The van der Waals surface area contributed by atoms with Gasteiger partial charge in [-0.1, -0.05) is 17.7 Å². The van der Waals surface area contributed by atoms with Gasteiger partial charge in [-0.3, -0.25) is 4.79 Å². The molecule has 0 aliphatic carbocycles. The number of ketones is 1. The smallest absolute Gasteiger partial charge is 0.331 e. The topological polar surface area (TPSA) is 43.4 Å². The first-order valence-electron chi connectivity index (χ1n) is 6.57. The van der Waals surface area contributed by atoms with Crippen LogP contribution in [-0.4, -0.2) is 18.4 Å². The SMILES string of the molecule is CC(=O)/C=C/C(=O)OC/C=C/c1cc2cc(C)ccc2s1. The van der Waals surface area contributed by atoms with Gasteiger partial charge in [0.1, 0.15) is 6.61 Å². The molecule has 0 radical (unpaired) electrons. The van der Waals surface area contributed by atoms with Gasteiger partial charge >= 0.3 is 5.97 Å². The summed E-state index contributed by atoms with van der Waals surface area (Å²) in [5.41, 5.74) is 1.24. The van der Waals surface area contributed by atoms with Gasteiger partial charge in [0, 0.05) is 15.7 Å². The maximum atomic E-state index is 11.2. The third-order valence-electron chi connectivity index (χ3n) is 2.75. The van der Waals surface area contributed by atoms with Gasteiger partial charge in [0.05, 0.1) is 0 Å². The fraction of sp³-hybridized carbons (Fsp3) is 0.176. The Morgan fingerprint density at radius 1 is 1.24 bits per heavy atom. The van der Waals surface area contributed by atoms with Crippen LogP contribution in [0.2, 0.25) is 0 Å². The second-order valence-corrected chi connectivity index (χ2v) is 5.78. The van der Waals surface area contributed by atoms with Gasteiger partial charge in [0.25, 0.3) is 0 Å². The molecule has 3 nitrogen and oxygen atoms in total. The van der Waals surface area contributed by atoms with E-state index in [1.54, 1.807) is 17.4 Å². The third kappa shape index (κ3) is 4.68. The lowest BCUT2D eigenvalue weighted by atomic mass is 10.2. The molecule has 21 heavy (non-hydrogen) atoms. The van der Waals surface area contributed by atoms with E-state index in [0.717, 1.165) is 11.0 Å². The lowest BCUT2D eigenvalue weighted by Gasteiger charge is -1.95. The molecule has 0 aliphatic rings. The van der Waals surface area contributed by atoms with E-state index in [1.165, 1.54) is 28.6 Å². The fourth-order valence-corrected chi connectivity index (χ4v) is 2.77. The van der Waals surface area contributed by atoms with Crippen LogP contribution >= 0.6 is 11.3 Å². The van der Waals surface area contributed by atoms with Crippen LogP contribution in [0, 0.1) is 6.92 Å². The normalized spacial score (nSPS) is 11.5. The van der Waals surface area contributed by atoms with Crippen molar-refractivity contribution < 1.29 is 14.3 Å². The second-order valence-electron chi connectivity index (χ2n) is 4.67. The molecule has 0 saturated carbocycles. The number of allylic oxidation sites excluding steroid dienone is 1. The van der Waals surface area contributed by atoms with E-state index in [9.17, 15) is 9.59 Å². The van der Waals surface area contributed by atoms with Crippen molar-refractivity contribution in [2.24, 2.45) is 0 Å². The van der Waals surface area contributed by atoms with Gasteiger partial charge in [-0.05, 0) is 49.6 Å². The summed E-state index contributed by atoms with van der Waals surface area (Å²) >= 11 is 1.69. The Morgan fingerprint density at radius 3 is 2.81 bits per heavy atom. The second kappa shape index (κ2) is 6.99. The number of fused-ring (bicyclic) bond motifs is 1. The predicted molar refractivity (Wildman–Crippen MR) is 86.4 cm³/mol. The average Bonchev–Trinajstić information content (AvgIpc) is 2.83. The molecule has 0 spiro atoms. The van der Waals surface area contributed by atoms with Crippen LogP contribution in [0.5, 0.6) is 0 Å². The largest absolute Gasteiger partial charge is 0.458 e. The van der Waals surface area contributed by atoms with Crippen LogP contribution in [0.1, 0.15) is 17.4 Å². The molecule has 2 rings (SSSR count). The van der Waals surface area contributed by atoms with E-state index in [1.807, 2.05) is 6.08 Å². The van der Waals surface area contributed by atoms with Gasteiger partial charge in [0.15, 0.2) is 5.78 Å². The summed E-state index contributed by atoms with van der Waals surface area (Å²) in [7, 11) is 0. The Kier molecular flexibility index (Phi) is 5.06. The highest BCUT2D eigenvalue weighted by Gasteiger charge is 1.99. The first kappa shape index (κ1) is 15.2. The maximum absolute atomic E-state index is 11.2. The summed E-state index contributed by atoms with van der Waals surface area (Å²) in [5, 5.41) is 1.22.